The van der Waals surface area contributed by atoms with E-state index < -0.39 is 40.9 Å². The lowest BCUT2D eigenvalue weighted by molar-refractivity contribution is -0.757. The van der Waals surface area contributed by atoms with Gasteiger partial charge in [0.1, 0.15) is 62.5 Å². The summed E-state index contributed by atoms with van der Waals surface area (Å²) in [5, 5.41) is 28.2. The lowest BCUT2D eigenvalue weighted by Gasteiger charge is -2.17. The van der Waals surface area contributed by atoms with E-state index in [0.717, 1.165) is 0 Å². The molecule has 0 amide bonds. The molecule has 0 fully saturated rings. The molecule has 0 saturated heterocycles. The normalized spacial score (nSPS) is 11.5. The fraction of sp³-hybridized carbons (Fsp3) is 0.318. The molecular formula is C22H21N3O15. The van der Waals surface area contributed by atoms with E-state index >= 15 is 0 Å². The molecule has 2 aromatic carbocycles. The molecule has 3 rings (SSSR count). The third-order valence-electron chi connectivity index (χ3n) is 4.73. The van der Waals surface area contributed by atoms with E-state index in [0.29, 0.717) is 17.1 Å². The first-order valence-corrected chi connectivity index (χ1v) is 11.2. The summed E-state index contributed by atoms with van der Waals surface area (Å²) in [6, 6.07) is 7.49. The molecule has 0 radical (unpaired) electrons. The minimum Gasteiger partial charge on any atom is -0.491 e. The number of allylic oxidation sites excluding steroid dienone is 1. The van der Waals surface area contributed by atoms with Crippen LogP contribution in [0.5, 0.6) is 28.7 Å². The number of benzene rings is 2. The third-order valence-corrected chi connectivity index (χ3v) is 4.73. The number of ketones is 1. The number of carbonyl (C=O) groups is 1. The fourth-order valence-corrected chi connectivity index (χ4v) is 3.19. The Bertz CT molecular complexity index is 1220. The first-order chi connectivity index (χ1) is 19.2. The zero-order valence-electron chi connectivity index (χ0n) is 20.5. The van der Waals surface area contributed by atoms with Crippen molar-refractivity contribution >= 4 is 11.9 Å². The number of rotatable bonds is 18. The summed E-state index contributed by atoms with van der Waals surface area (Å²) in [4.78, 5) is 57.2. The molecule has 214 valence electrons. The van der Waals surface area contributed by atoms with Gasteiger partial charge in [-0.2, -0.15) is 0 Å². The molecule has 0 N–H and O–H groups in total. The van der Waals surface area contributed by atoms with Gasteiger partial charge < -0.3 is 38.2 Å². The van der Waals surface area contributed by atoms with Crippen LogP contribution in [0.4, 0.5) is 0 Å². The average molecular weight is 567 g/mol. The number of ether oxygens (including phenoxy) is 5. The van der Waals surface area contributed by atoms with Crippen molar-refractivity contribution in [3.63, 3.8) is 0 Å². The highest BCUT2D eigenvalue weighted by Crippen LogP contribution is 2.36. The Balaban J connectivity index is 1.89. The minimum atomic E-state index is -1.03. The monoisotopic (exact) mass is 567 g/mol. The van der Waals surface area contributed by atoms with E-state index in [4.69, 9.17) is 23.7 Å². The molecule has 2 aromatic rings. The second-order valence-electron chi connectivity index (χ2n) is 7.32. The molecule has 18 nitrogen and oxygen atoms in total. The van der Waals surface area contributed by atoms with Gasteiger partial charge in [0.25, 0.3) is 15.3 Å². The van der Waals surface area contributed by atoms with Gasteiger partial charge in [-0.1, -0.05) is 12.1 Å². The van der Waals surface area contributed by atoms with Crippen molar-refractivity contribution in [2.45, 2.75) is 0 Å². The number of fused-ring (bicyclic) bond motifs is 1. The zero-order valence-corrected chi connectivity index (χ0v) is 20.5. The van der Waals surface area contributed by atoms with Crippen molar-refractivity contribution in [2.75, 3.05) is 46.4 Å². The Labute approximate surface area is 223 Å². The van der Waals surface area contributed by atoms with Crippen LogP contribution in [0, 0.1) is 30.3 Å². The zero-order chi connectivity index (χ0) is 28.9. The Morgan fingerprint density at radius 1 is 0.750 bits per heavy atom. The van der Waals surface area contributed by atoms with Gasteiger partial charge in [0.2, 0.25) is 6.79 Å². The van der Waals surface area contributed by atoms with Crippen LogP contribution in [0.3, 0.4) is 0 Å². The van der Waals surface area contributed by atoms with Gasteiger partial charge in [-0.15, -0.1) is 30.3 Å². The van der Waals surface area contributed by atoms with Crippen molar-refractivity contribution in [3.8, 4) is 28.7 Å². The number of hydrogen-bond acceptors (Lipinski definition) is 15. The van der Waals surface area contributed by atoms with Crippen molar-refractivity contribution in [3.05, 3.63) is 77.9 Å². The van der Waals surface area contributed by atoms with Gasteiger partial charge >= 0.3 is 0 Å². The summed E-state index contributed by atoms with van der Waals surface area (Å²) >= 11 is 0. The summed E-state index contributed by atoms with van der Waals surface area (Å²) in [6.45, 7) is -2.35. The Morgan fingerprint density at radius 2 is 1.27 bits per heavy atom. The molecule has 40 heavy (non-hydrogen) atoms. The number of carbonyl (C=O) groups excluding carboxylic acids is 1. The van der Waals surface area contributed by atoms with Crippen LogP contribution < -0.4 is 23.7 Å². The smallest absolute Gasteiger partial charge is 0.294 e. The van der Waals surface area contributed by atoms with E-state index in [-0.39, 0.29) is 49.4 Å². The predicted molar refractivity (Wildman–Crippen MR) is 128 cm³/mol. The lowest BCUT2D eigenvalue weighted by Crippen LogP contribution is -2.15. The molecule has 0 aliphatic carbocycles. The van der Waals surface area contributed by atoms with Gasteiger partial charge in [0.15, 0.2) is 17.3 Å². The van der Waals surface area contributed by atoms with Crippen molar-refractivity contribution in [1.82, 2.24) is 0 Å². The summed E-state index contributed by atoms with van der Waals surface area (Å²) < 4.78 is 27.0. The van der Waals surface area contributed by atoms with E-state index in [1.165, 1.54) is 24.3 Å². The van der Waals surface area contributed by atoms with Crippen LogP contribution >= 0.6 is 0 Å². The fourth-order valence-electron chi connectivity index (χ4n) is 3.19. The number of nitrogens with zero attached hydrogens (tertiary/aromatic N) is 3. The Kier molecular flexibility index (Phi) is 10.4. The maximum absolute atomic E-state index is 13.3. The third kappa shape index (κ3) is 9.08. The highest BCUT2D eigenvalue weighted by Gasteiger charge is 2.21. The van der Waals surface area contributed by atoms with Gasteiger partial charge in [-0.3, -0.25) is 4.79 Å². The largest absolute Gasteiger partial charge is 0.491 e. The first kappa shape index (κ1) is 29.0. The second kappa shape index (κ2) is 14.4. The Morgan fingerprint density at radius 3 is 1.82 bits per heavy atom. The molecule has 18 heteroatoms. The van der Waals surface area contributed by atoms with Crippen molar-refractivity contribution < 1.29 is 58.3 Å². The standard InChI is InChI=1S/C22H21N3O15/c26-17(3-1-15-2-4-18-19(11-15)37-14-36-18)22-20(34-6-9-39-24(29)30)12-16(33-5-8-38-23(27)28)13-21(22)35-7-10-40-25(31)32/h1-4,11-13H,5-10,14H2/b3-1+. The van der Waals surface area contributed by atoms with Crippen LogP contribution in [0.2, 0.25) is 0 Å². The van der Waals surface area contributed by atoms with E-state index in [1.807, 2.05) is 0 Å². The average Bonchev–Trinajstić information content (AvgIpc) is 3.38. The van der Waals surface area contributed by atoms with Crippen molar-refractivity contribution in [1.29, 1.82) is 0 Å². The molecule has 0 spiro atoms. The number of hydrogen-bond donors (Lipinski definition) is 0. The molecule has 1 aliphatic heterocycles. The van der Waals surface area contributed by atoms with Crippen LogP contribution in [0.15, 0.2) is 36.4 Å². The first-order valence-electron chi connectivity index (χ1n) is 11.2. The van der Waals surface area contributed by atoms with Crippen LogP contribution in [-0.4, -0.2) is 67.5 Å². The van der Waals surface area contributed by atoms with E-state index in [2.05, 4.69) is 14.5 Å². The summed E-state index contributed by atoms with van der Waals surface area (Å²) in [5.41, 5.74) is 0.431. The van der Waals surface area contributed by atoms with E-state index in [9.17, 15) is 35.1 Å². The maximum Gasteiger partial charge on any atom is 0.294 e. The van der Waals surface area contributed by atoms with Gasteiger partial charge in [-0.05, 0) is 23.8 Å². The lowest BCUT2D eigenvalue weighted by atomic mass is 10.1. The van der Waals surface area contributed by atoms with Gasteiger partial charge in [-0.25, -0.2) is 0 Å². The summed E-state index contributed by atoms with van der Waals surface area (Å²) in [7, 11) is 0. The molecule has 0 saturated carbocycles. The predicted octanol–water partition coefficient (Wildman–Crippen LogP) is 2.07. The molecular weight excluding hydrogens is 546 g/mol. The second-order valence-corrected chi connectivity index (χ2v) is 7.32. The molecule has 1 aliphatic rings. The molecule has 0 atom stereocenters. The maximum atomic E-state index is 13.3. The molecule has 1 heterocycles. The van der Waals surface area contributed by atoms with Crippen LogP contribution in [0.25, 0.3) is 6.08 Å². The van der Waals surface area contributed by atoms with Crippen LogP contribution in [0.1, 0.15) is 15.9 Å². The van der Waals surface area contributed by atoms with Crippen LogP contribution in [-0.2, 0) is 14.5 Å². The topological polar surface area (TPSA) is 220 Å². The highest BCUT2D eigenvalue weighted by molar-refractivity contribution is 6.10. The molecule has 0 bridgehead atoms. The summed E-state index contributed by atoms with van der Waals surface area (Å²) in [6.07, 6.45) is 2.67. The van der Waals surface area contributed by atoms with Gasteiger partial charge in [0, 0.05) is 12.1 Å². The Hall–Kier alpha value is -5.55. The highest BCUT2D eigenvalue weighted by atomic mass is 17.0. The van der Waals surface area contributed by atoms with Crippen molar-refractivity contribution in [2.24, 2.45) is 0 Å². The minimum absolute atomic E-state index is 0.0126. The SMILES string of the molecule is O=C(/C=C/c1ccc2c(c1)OCO2)c1c(OCCO[N+](=O)[O-])cc(OCCO[N+](=O)[O-])cc1OCCO[N+](=O)[O-]. The molecule has 0 unspecified atom stereocenters. The quantitative estimate of drug-likeness (QED) is 0.0827. The van der Waals surface area contributed by atoms with Gasteiger partial charge in [0.05, 0.1) is 0 Å². The van der Waals surface area contributed by atoms with E-state index in [1.54, 1.807) is 18.2 Å². The summed E-state index contributed by atoms with van der Waals surface area (Å²) in [5.74, 6) is 0.106. The molecule has 0 aromatic heterocycles.